The summed E-state index contributed by atoms with van der Waals surface area (Å²) in [5.74, 6) is -2.04. The van der Waals surface area contributed by atoms with Gasteiger partial charge in [-0.1, -0.05) is 0 Å². The normalized spacial score (nSPS) is 10.2. The van der Waals surface area contributed by atoms with Crippen molar-refractivity contribution < 1.29 is 28.3 Å². The minimum absolute atomic E-state index is 0.134. The molecule has 0 fully saturated rings. The number of carbonyl (C=O) groups is 2. The number of ether oxygens (including phenoxy) is 1. The molecule has 0 saturated heterocycles. The summed E-state index contributed by atoms with van der Waals surface area (Å²) < 4.78 is 23.4. The van der Waals surface area contributed by atoms with E-state index in [-0.39, 0.29) is 23.7 Å². The molecular formula is C13H11FN2O5. The van der Waals surface area contributed by atoms with Crippen molar-refractivity contribution in [1.82, 2.24) is 5.16 Å². The van der Waals surface area contributed by atoms with Crippen molar-refractivity contribution in [1.29, 1.82) is 0 Å². The summed E-state index contributed by atoms with van der Waals surface area (Å²) >= 11 is 0. The minimum atomic E-state index is -1.25. The van der Waals surface area contributed by atoms with Crippen molar-refractivity contribution in [3.63, 3.8) is 0 Å². The van der Waals surface area contributed by atoms with Crippen LogP contribution in [-0.4, -0.2) is 28.7 Å². The highest BCUT2D eigenvalue weighted by Crippen LogP contribution is 2.16. The van der Waals surface area contributed by atoms with Crippen LogP contribution in [0.2, 0.25) is 0 Å². The summed E-state index contributed by atoms with van der Waals surface area (Å²) in [6.45, 7) is 1.28. The highest BCUT2D eigenvalue weighted by Gasteiger charge is 2.12. The van der Waals surface area contributed by atoms with Crippen LogP contribution in [0.5, 0.6) is 5.88 Å². The van der Waals surface area contributed by atoms with E-state index in [4.69, 9.17) is 14.4 Å². The number of amides is 1. The smallest absolute Gasteiger partial charge is 0.335 e. The van der Waals surface area contributed by atoms with Gasteiger partial charge in [0.2, 0.25) is 0 Å². The van der Waals surface area contributed by atoms with Gasteiger partial charge in [-0.05, 0) is 30.3 Å². The van der Waals surface area contributed by atoms with Gasteiger partial charge in [0.25, 0.3) is 11.8 Å². The number of carboxylic acid groups (broad SMARTS) is 1. The summed E-state index contributed by atoms with van der Waals surface area (Å²) in [6.07, 6.45) is 0. The molecule has 0 spiro atoms. The van der Waals surface area contributed by atoms with Gasteiger partial charge in [-0.25, -0.2) is 9.18 Å². The number of rotatable bonds is 5. The predicted molar refractivity (Wildman–Crippen MR) is 68.7 cm³/mol. The predicted octanol–water partition coefficient (Wildman–Crippen LogP) is 1.84. The van der Waals surface area contributed by atoms with Crippen LogP contribution in [0.25, 0.3) is 0 Å². The van der Waals surface area contributed by atoms with Crippen LogP contribution in [0.3, 0.4) is 0 Å². The van der Waals surface area contributed by atoms with E-state index in [1.54, 1.807) is 6.92 Å². The summed E-state index contributed by atoms with van der Waals surface area (Å²) in [5, 5.41) is 14.5. The van der Waals surface area contributed by atoms with Crippen LogP contribution in [0, 0.1) is 12.7 Å². The topological polar surface area (TPSA) is 102 Å². The Morgan fingerprint density at radius 1 is 1.43 bits per heavy atom. The molecule has 7 nitrogen and oxygen atoms in total. The van der Waals surface area contributed by atoms with Crippen molar-refractivity contribution in [2.24, 2.45) is 0 Å². The second-order valence-electron chi connectivity index (χ2n) is 4.11. The van der Waals surface area contributed by atoms with Crippen molar-refractivity contribution in [2.75, 3.05) is 11.9 Å². The lowest BCUT2D eigenvalue weighted by atomic mass is 10.2. The van der Waals surface area contributed by atoms with Crippen LogP contribution in [0.1, 0.15) is 16.1 Å². The largest absolute Gasteiger partial charge is 0.478 e. The van der Waals surface area contributed by atoms with Gasteiger partial charge in [-0.3, -0.25) is 4.79 Å². The first-order chi connectivity index (χ1) is 9.95. The van der Waals surface area contributed by atoms with E-state index in [9.17, 15) is 14.0 Å². The first-order valence-corrected chi connectivity index (χ1v) is 5.84. The maximum atomic E-state index is 13.6. The number of aromatic carboxylic acids is 1. The Morgan fingerprint density at radius 2 is 2.19 bits per heavy atom. The van der Waals surface area contributed by atoms with E-state index >= 15 is 0 Å². The molecular weight excluding hydrogens is 283 g/mol. The fourth-order valence-corrected chi connectivity index (χ4v) is 1.49. The number of carbonyl (C=O) groups excluding carboxylic acids is 1. The maximum Gasteiger partial charge on any atom is 0.335 e. The first kappa shape index (κ1) is 14.5. The lowest BCUT2D eigenvalue weighted by Crippen LogP contribution is -2.21. The van der Waals surface area contributed by atoms with E-state index in [0.717, 1.165) is 12.1 Å². The third-order valence-corrected chi connectivity index (χ3v) is 2.45. The highest BCUT2D eigenvalue weighted by molar-refractivity contribution is 5.93. The number of aryl methyl sites for hydroxylation is 1. The van der Waals surface area contributed by atoms with E-state index in [1.165, 1.54) is 12.1 Å². The van der Waals surface area contributed by atoms with E-state index in [0.29, 0.717) is 5.76 Å². The van der Waals surface area contributed by atoms with Crippen LogP contribution >= 0.6 is 0 Å². The Labute approximate surface area is 118 Å². The van der Waals surface area contributed by atoms with E-state index < -0.39 is 17.7 Å². The molecule has 1 aromatic heterocycles. The molecule has 2 aromatic rings. The third-order valence-electron chi connectivity index (χ3n) is 2.45. The number of hydrogen-bond donors (Lipinski definition) is 2. The second-order valence-corrected chi connectivity index (χ2v) is 4.11. The Kier molecular flexibility index (Phi) is 4.17. The zero-order valence-corrected chi connectivity index (χ0v) is 10.9. The fraction of sp³-hybridized carbons (Fsp3) is 0.154. The van der Waals surface area contributed by atoms with Crippen LogP contribution in [-0.2, 0) is 4.79 Å². The number of halogens is 1. The van der Waals surface area contributed by atoms with Crippen molar-refractivity contribution in [3.05, 3.63) is 41.4 Å². The molecule has 2 rings (SSSR count). The van der Waals surface area contributed by atoms with Gasteiger partial charge in [0, 0.05) is 6.07 Å². The van der Waals surface area contributed by atoms with Gasteiger partial charge in [0.05, 0.1) is 11.3 Å². The molecule has 21 heavy (non-hydrogen) atoms. The number of aromatic nitrogens is 1. The molecule has 1 heterocycles. The molecule has 0 aliphatic carbocycles. The molecule has 2 N–H and O–H groups in total. The maximum absolute atomic E-state index is 13.6. The van der Waals surface area contributed by atoms with E-state index in [2.05, 4.69) is 10.5 Å². The zero-order valence-electron chi connectivity index (χ0n) is 10.9. The Hall–Kier alpha value is -2.90. The number of benzene rings is 1. The average molecular weight is 294 g/mol. The zero-order chi connectivity index (χ0) is 15.4. The average Bonchev–Trinajstić information content (AvgIpc) is 2.84. The molecule has 0 radical (unpaired) electrons. The summed E-state index contributed by atoms with van der Waals surface area (Å²) in [7, 11) is 0. The summed E-state index contributed by atoms with van der Waals surface area (Å²) in [5.41, 5.74) is -0.343. The van der Waals surface area contributed by atoms with Gasteiger partial charge < -0.3 is 19.7 Å². The Balaban J connectivity index is 1.94. The first-order valence-electron chi connectivity index (χ1n) is 5.84. The lowest BCUT2D eigenvalue weighted by Gasteiger charge is -2.07. The van der Waals surface area contributed by atoms with Crippen LogP contribution in [0.4, 0.5) is 10.1 Å². The van der Waals surface area contributed by atoms with Crippen LogP contribution < -0.4 is 10.1 Å². The lowest BCUT2D eigenvalue weighted by molar-refractivity contribution is -0.118. The molecule has 1 aromatic carbocycles. The minimum Gasteiger partial charge on any atom is -0.478 e. The quantitative estimate of drug-likeness (QED) is 0.872. The van der Waals surface area contributed by atoms with Gasteiger partial charge in [0.1, 0.15) is 11.6 Å². The van der Waals surface area contributed by atoms with Crippen molar-refractivity contribution >= 4 is 17.6 Å². The van der Waals surface area contributed by atoms with Gasteiger partial charge in [-0.2, -0.15) is 0 Å². The third kappa shape index (κ3) is 3.78. The van der Waals surface area contributed by atoms with Gasteiger partial charge in [-0.15, -0.1) is 0 Å². The molecule has 1 amide bonds. The number of carboxylic acids is 1. The molecule has 0 aliphatic heterocycles. The SMILES string of the molecule is Cc1cc(OCC(=O)Nc2ccc(C(=O)O)cc2F)no1. The number of nitrogens with zero attached hydrogens (tertiary/aromatic N) is 1. The number of nitrogens with one attached hydrogen (secondary N) is 1. The second kappa shape index (κ2) is 6.04. The number of anilines is 1. The van der Waals surface area contributed by atoms with E-state index in [1.807, 2.05) is 0 Å². The molecule has 0 atom stereocenters. The molecule has 110 valence electrons. The molecule has 8 heteroatoms. The Morgan fingerprint density at radius 3 is 2.76 bits per heavy atom. The molecule has 0 bridgehead atoms. The van der Waals surface area contributed by atoms with Crippen molar-refractivity contribution in [2.45, 2.75) is 6.92 Å². The Bertz CT molecular complexity index is 683. The molecule has 0 aliphatic rings. The van der Waals surface area contributed by atoms with Crippen molar-refractivity contribution in [3.8, 4) is 5.88 Å². The number of hydrogen-bond acceptors (Lipinski definition) is 5. The fourth-order valence-electron chi connectivity index (χ4n) is 1.49. The monoisotopic (exact) mass is 294 g/mol. The van der Waals surface area contributed by atoms with Gasteiger partial charge >= 0.3 is 5.97 Å². The molecule has 0 saturated carbocycles. The summed E-state index contributed by atoms with van der Waals surface area (Å²) in [6, 6.07) is 4.66. The highest BCUT2D eigenvalue weighted by atomic mass is 19.1. The standard InChI is InChI=1S/C13H11FN2O5/c1-7-4-12(16-21-7)20-6-11(17)15-10-3-2-8(13(18)19)5-9(10)14/h2-5H,6H2,1H3,(H,15,17)(H,18,19). The molecule has 0 unspecified atom stereocenters. The van der Waals surface area contributed by atoms with Gasteiger partial charge in [0.15, 0.2) is 6.61 Å². The summed E-state index contributed by atoms with van der Waals surface area (Å²) in [4.78, 5) is 22.2. The van der Waals surface area contributed by atoms with Crippen LogP contribution in [0.15, 0.2) is 28.8 Å².